The number of nitrogens with zero attached hydrogens (tertiary/aromatic N) is 1. The molecule has 0 aliphatic rings. The summed E-state index contributed by atoms with van der Waals surface area (Å²) in [5.41, 5.74) is 3.45. The standard InChI is InChI=1S/C19H17NO5/c1-11-4-5-16(20(22)23)18(6-11)24-10-14-9-19(21)25-17-8-13(3)12(2)7-15(14)17/h4-9H,10H2,1-3H3. The van der Waals surface area contributed by atoms with Crippen LogP contribution in [-0.4, -0.2) is 4.92 Å². The Hall–Kier alpha value is -3.15. The van der Waals surface area contributed by atoms with E-state index in [0.29, 0.717) is 11.1 Å². The van der Waals surface area contributed by atoms with Crippen molar-refractivity contribution in [2.24, 2.45) is 0 Å². The zero-order valence-corrected chi connectivity index (χ0v) is 14.2. The third kappa shape index (κ3) is 3.38. The van der Waals surface area contributed by atoms with Gasteiger partial charge in [0.2, 0.25) is 0 Å². The number of nitro groups is 1. The van der Waals surface area contributed by atoms with Crippen LogP contribution in [0.1, 0.15) is 22.3 Å². The molecule has 0 saturated carbocycles. The Bertz CT molecular complexity index is 1040. The molecule has 0 unspecified atom stereocenters. The summed E-state index contributed by atoms with van der Waals surface area (Å²) < 4.78 is 10.9. The number of benzene rings is 2. The highest BCUT2D eigenvalue weighted by atomic mass is 16.6. The van der Waals surface area contributed by atoms with Crippen LogP contribution in [0, 0.1) is 30.9 Å². The van der Waals surface area contributed by atoms with Crippen molar-refractivity contribution in [1.29, 1.82) is 0 Å². The van der Waals surface area contributed by atoms with Crippen molar-refractivity contribution in [3.05, 3.63) is 79.2 Å². The first-order valence-corrected chi connectivity index (χ1v) is 7.77. The van der Waals surface area contributed by atoms with Gasteiger partial charge in [0.05, 0.1) is 4.92 Å². The predicted octanol–water partition coefficient (Wildman–Crippen LogP) is 4.21. The molecule has 6 nitrogen and oxygen atoms in total. The Morgan fingerprint density at radius 1 is 1.08 bits per heavy atom. The number of rotatable bonds is 4. The van der Waals surface area contributed by atoms with Crippen LogP contribution in [0.25, 0.3) is 11.0 Å². The number of hydrogen-bond acceptors (Lipinski definition) is 5. The normalized spacial score (nSPS) is 10.8. The van der Waals surface area contributed by atoms with Crippen LogP contribution in [0.5, 0.6) is 5.75 Å². The Morgan fingerprint density at radius 3 is 2.52 bits per heavy atom. The Kier molecular flexibility index (Phi) is 4.27. The van der Waals surface area contributed by atoms with Crippen molar-refractivity contribution in [2.45, 2.75) is 27.4 Å². The number of nitro benzene ring substituents is 1. The quantitative estimate of drug-likeness (QED) is 0.404. The van der Waals surface area contributed by atoms with Crippen molar-refractivity contribution in [3.63, 3.8) is 0 Å². The molecule has 0 amide bonds. The molecule has 1 heterocycles. The van der Waals surface area contributed by atoms with E-state index < -0.39 is 10.5 Å². The molecule has 0 aliphatic heterocycles. The number of hydrogen-bond donors (Lipinski definition) is 0. The fourth-order valence-corrected chi connectivity index (χ4v) is 2.65. The van der Waals surface area contributed by atoms with E-state index in [1.54, 1.807) is 12.1 Å². The Morgan fingerprint density at radius 2 is 1.80 bits per heavy atom. The van der Waals surface area contributed by atoms with Gasteiger partial charge in [-0.3, -0.25) is 10.1 Å². The summed E-state index contributed by atoms with van der Waals surface area (Å²) in [6.45, 7) is 5.77. The average Bonchev–Trinajstić information content (AvgIpc) is 2.54. The molecule has 2 aromatic carbocycles. The summed E-state index contributed by atoms with van der Waals surface area (Å²) in [6.07, 6.45) is 0. The molecule has 0 radical (unpaired) electrons. The molecule has 0 fully saturated rings. The lowest BCUT2D eigenvalue weighted by molar-refractivity contribution is -0.386. The largest absolute Gasteiger partial charge is 0.482 e. The number of fused-ring (bicyclic) bond motifs is 1. The van der Waals surface area contributed by atoms with Crippen molar-refractivity contribution >= 4 is 16.7 Å². The van der Waals surface area contributed by atoms with Gasteiger partial charge in [-0.25, -0.2) is 4.79 Å². The molecular formula is C19H17NO5. The van der Waals surface area contributed by atoms with E-state index in [-0.39, 0.29) is 18.0 Å². The molecule has 6 heteroatoms. The highest BCUT2D eigenvalue weighted by molar-refractivity contribution is 5.81. The fraction of sp³-hybridized carbons (Fsp3) is 0.211. The zero-order chi connectivity index (χ0) is 18.1. The maximum atomic E-state index is 11.8. The van der Waals surface area contributed by atoms with E-state index in [0.717, 1.165) is 22.1 Å². The van der Waals surface area contributed by atoms with Gasteiger partial charge < -0.3 is 9.15 Å². The molecule has 25 heavy (non-hydrogen) atoms. The van der Waals surface area contributed by atoms with Crippen LogP contribution in [0.4, 0.5) is 5.69 Å². The molecule has 1 aromatic heterocycles. The topological polar surface area (TPSA) is 82.6 Å². The molecule has 0 N–H and O–H groups in total. The minimum absolute atomic E-state index is 0.0366. The number of ether oxygens (including phenoxy) is 1. The highest BCUT2D eigenvalue weighted by Crippen LogP contribution is 2.29. The van der Waals surface area contributed by atoms with Crippen LogP contribution < -0.4 is 10.4 Å². The van der Waals surface area contributed by atoms with E-state index in [1.165, 1.54) is 12.1 Å². The summed E-state index contributed by atoms with van der Waals surface area (Å²) in [7, 11) is 0. The van der Waals surface area contributed by atoms with Crippen molar-refractivity contribution < 1.29 is 14.1 Å². The van der Waals surface area contributed by atoms with Gasteiger partial charge in [-0.15, -0.1) is 0 Å². The maximum Gasteiger partial charge on any atom is 0.336 e. The molecule has 0 aliphatic carbocycles. The van der Waals surface area contributed by atoms with Gasteiger partial charge in [0, 0.05) is 23.1 Å². The summed E-state index contributed by atoms with van der Waals surface area (Å²) in [5, 5.41) is 11.9. The van der Waals surface area contributed by atoms with Gasteiger partial charge >= 0.3 is 11.3 Å². The molecular weight excluding hydrogens is 322 g/mol. The average molecular weight is 339 g/mol. The first-order chi connectivity index (χ1) is 11.8. The lowest BCUT2D eigenvalue weighted by Crippen LogP contribution is -2.05. The molecule has 3 rings (SSSR count). The number of aryl methyl sites for hydroxylation is 3. The first kappa shape index (κ1) is 16.7. The maximum absolute atomic E-state index is 11.8. The summed E-state index contributed by atoms with van der Waals surface area (Å²) in [4.78, 5) is 22.5. The van der Waals surface area contributed by atoms with Crippen molar-refractivity contribution in [1.82, 2.24) is 0 Å². The van der Waals surface area contributed by atoms with Gasteiger partial charge in [0.1, 0.15) is 12.2 Å². The van der Waals surface area contributed by atoms with E-state index in [4.69, 9.17) is 9.15 Å². The molecule has 0 spiro atoms. The second kappa shape index (κ2) is 6.39. The van der Waals surface area contributed by atoms with Gasteiger partial charge in [0.15, 0.2) is 5.75 Å². The van der Waals surface area contributed by atoms with E-state index in [9.17, 15) is 14.9 Å². The lowest BCUT2D eigenvalue weighted by atomic mass is 10.0. The highest BCUT2D eigenvalue weighted by Gasteiger charge is 2.16. The van der Waals surface area contributed by atoms with Crippen LogP contribution in [0.2, 0.25) is 0 Å². The zero-order valence-electron chi connectivity index (χ0n) is 14.2. The monoisotopic (exact) mass is 339 g/mol. The SMILES string of the molecule is Cc1ccc([N+](=O)[O-])c(OCc2cc(=O)oc3cc(C)c(C)cc23)c1. The fourth-order valence-electron chi connectivity index (χ4n) is 2.65. The minimum Gasteiger partial charge on any atom is -0.482 e. The smallest absolute Gasteiger partial charge is 0.336 e. The second-order valence-electron chi connectivity index (χ2n) is 6.04. The third-order valence-electron chi connectivity index (χ3n) is 4.14. The minimum atomic E-state index is -0.486. The molecule has 0 atom stereocenters. The van der Waals surface area contributed by atoms with Crippen LogP contribution in [0.15, 0.2) is 45.6 Å². The van der Waals surface area contributed by atoms with Crippen LogP contribution in [0.3, 0.4) is 0 Å². The molecule has 0 saturated heterocycles. The van der Waals surface area contributed by atoms with Gasteiger partial charge in [-0.05, 0) is 55.7 Å². The first-order valence-electron chi connectivity index (χ1n) is 7.77. The van der Waals surface area contributed by atoms with Crippen molar-refractivity contribution in [3.8, 4) is 5.75 Å². The Labute approximate surface area is 143 Å². The van der Waals surface area contributed by atoms with Gasteiger partial charge in [-0.2, -0.15) is 0 Å². The third-order valence-corrected chi connectivity index (χ3v) is 4.14. The summed E-state index contributed by atoms with van der Waals surface area (Å²) >= 11 is 0. The summed E-state index contributed by atoms with van der Waals surface area (Å²) in [5.74, 6) is 0.176. The summed E-state index contributed by atoms with van der Waals surface area (Å²) in [6, 6.07) is 9.78. The van der Waals surface area contributed by atoms with Crippen LogP contribution in [-0.2, 0) is 6.61 Å². The van der Waals surface area contributed by atoms with Crippen molar-refractivity contribution in [2.75, 3.05) is 0 Å². The molecule has 0 bridgehead atoms. The van der Waals surface area contributed by atoms with E-state index in [1.807, 2.05) is 32.9 Å². The van der Waals surface area contributed by atoms with E-state index >= 15 is 0 Å². The predicted molar refractivity (Wildman–Crippen MR) is 94.1 cm³/mol. The molecule has 3 aromatic rings. The second-order valence-corrected chi connectivity index (χ2v) is 6.04. The lowest BCUT2D eigenvalue weighted by Gasteiger charge is -2.10. The van der Waals surface area contributed by atoms with Crippen LogP contribution >= 0.6 is 0 Å². The molecule has 128 valence electrons. The van der Waals surface area contributed by atoms with Gasteiger partial charge in [0.25, 0.3) is 0 Å². The Balaban J connectivity index is 2.02. The van der Waals surface area contributed by atoms with Gasteiger partial charge in [-0.1, -0.05) is 6.07 Å². The van der Waals surface area contributed by atoms with E-state index in [2.05, 4.69) is 0 Å².